The van der Waals surface area contributed by atoms with Gasteiger partial charge in [0.15, 0.2) is 0 Å². The lowest BCUT2D eigenvalue weighted by Crippen LogP contribution is -2.14. The van der Waals surface area contributed by atoms with E-state index in [1.54, 1.807) is 0 Å². The van der Waals surface area contributed by atoms with Gasteiger partial charge in [-0.1, -0.05) is 17.7 Å². The molecule has 0 bridgehead atoms. The third-order valence-corrected chi connectivity index (χ3v) is 4.14. The number of amides is 1. The van der Waals surface area contributed by atoms with Crippen molar-refractivity contribution in [3.05, 3.63) is 61.4 Å². The van der Waals surface area contributed by atoms with Crippen molar-refractivity contribution >= 4 is 51.0 Å². The first-order valence-corrected chi connectivity index (χ1v) is 7.70. The van der Waals surface area contributed by atoms with Crippen LogP contribution in [0.1, 0.15) is 21.5 Å². The Kier molecular flexibility index (Phi) is 5.58. The zero-order chi connectivity index (χ0) is 18.8. The molecule has 0 heterocycles. The van der Waals surface area contributed by atoms with Crippen LogP contribution < -0.4 is 5.32 Å². The van der Waals surface area contributed by atoms with Gasteiger partial charge in [-0.15, -0.1) is 4.91 Å². The van der Waals surface area contributed by atoms with E-state index < -0.39 is 17.6 Å². The van der Waals surface area contributed by atoms with Crippen LogP contribution in [0.5, 0.6) is 0 Å². The number of carbonyl (C=O) groups excluding carboxylic acids is 1. The molecule has 10 heteroatoms. The minimum Gasteiger partial charge on any atom is -0.322 e. The Bertz CT molecular complexity index is 872. The Balaban J connectivity index is 2.43. The lowest BCUT2D eigenvalue weighted by Gasteiger charge is -2.13. The summed E-state index contributed by atoms with van der Waals surface area (Å²) in [6, 6.07) is 5.35. The monoisotopic (exact) mass is 433 g/mol. The molecule has 0 unspecified atom stereocenters. The second-order valence-electron chi connectivity index (χ2n) is 4.75. The van der Waals surface area contributed by atoms with Crippen LogP contribution in [-0.2, 0) is 6.18 Å². The number of carbonyl (C=O) groups is 1. The summed E-state index contributed by atoms with van der Waals surface area (Å²) >= 11 is 9.09. The van der Waals surface area contributed by atoms with Crippen molar-refractivity contribution in [1.29, 1.82) is 5.41 Å². The molecule has 0 saturated heterocycles. The Labute approximate surface area is 152 Å². The second kappa shape index (κ2) is 7.32. The fraction of sp³-hybridized carbons (Fsp3) is 0.0667. The smallest absolute Gasteiger partial charge is 0.322 e. The maximum absolute atomic E-state index is 12.7. The number of benzene rings is 2. The van der Waals surface area contributed by atoms with E-state index in [1.807, 2.05) is 0 Å². The van der Waals surface area contributed by atoms with Crippen LogP contribution in [0.2, 0.25) is 5.02 Å². The minimum atomic E-state index is -4.56. The van der Waals surface area contributed by atoms with Gasteiger partial charge in [-0.2, -0.15) is 13.2 Å². The number of anilines is 1. The molecule has 0 saturated carbocycles. The van der Waals surface area contributed by atoms with Gasteiger partial charge in [-0.05, 0) is 45.4 Å². The van der Waals surface area contributed by atoms with E-state index in [2.05, 4.69) is 26.4 Å². The van der Waals surface area contributed by atoms with Crippen molar-refractivity contribution in [2.45, 2.75) is 6.18 Å². The number of nitroso groups, excluding NO2 is 1. The molecule has 2 aromatic rings. The van der Waals surface area contributed by atoms with E-state index in [1.165, 1.54) is 12.1 Å². The number of hydrogen-bond donors (Lipinski definition) is 2. The van der Waals surface area contributed by atoms with Gasteiger partial charge < -0.3 is 10.7 Å². The molecule has 2 rings (SSSR count). The normalized spacial score (nSPS) is 11.1. The number of halogens is 5. The van der Waals surface area contributed by atoms with Gasteiger partial charge in [0.05, 0.1) is 16.1 Å². The molecule has 130 valence electrons. The van der Waals surface area contributed by atoms with Gasteiger partial charge in [0, 0.05) is 21.9 Å². The fourth-order valence-corrected chi connectivity index (χ4v) is 3.08. The van der Waals surface area contributed by atoms with Crippen LogP contribution in [0.4, 0.5) is 24.5 Å². The van der Waals surface area contributed by atoms with Crippen LogP contribution in [0.25, 0.3) is 0 Å². The molecule has 2 N–H and O–H groups in total. The van der Waals surface area contributed by atoms with E-state index >= 15 is 0 Å². The minimum absolute atomic E-state index is 0.0856. The Hall–Kier alpha value is -2.26. The van der Waals surface area contributed by atoms with Crippen molar-refractivity contribution < 1.29 is 18.0 Å². The summed E-state index contributed by atoms with van der Waals surface area (Å²) < 4.78 is 38.3. The van der Waals surface area contributed by atoms with Crippen molar-refractivity contribution in [3.8, 4) is 0 Å². The largest absolute Gasteiger partial charge is 0.416 e. The third kappa shape index (κ3) is 4.05. The summed E-state index contributed by atoms with van der Waals surface area (Å²) in [5.74, 6) is -0.836. The maximum Gasteiger partial charge on any atom is 0.416 e. The van der Waals surface area contributed by atoms with E-state index in [-0.39, 0.29) is 32.0 Å². The fourth-order valence-electron chi connectivity index (χ4n) is 2.00. The van der Waals surface area contributed by atoms with E-state index in [9.17, 15) is 22.9 Å². The first-order chi connectivity index (χ1) is 11.7. The maximum atomic E-state index is 12.7. The Morgan fingerprint density at radius 1 is 1.32 bits per heavy atom. The molecular formula is C15H8BrClF3N3O2. The van der Waals surface area contributed by atoms with Crippen LogP contribution >= 0.6 is 27.5 Å². The van der Waals surface area contributed by atoms with Gasteiger partial charge in [0.2, 0.25) is 0 Å². The second-order valence-corrected chi connectivity index (χ2v) is 5.99. The highest BCUT2D eigenvalue weighted by molar-refractivity contribution is 9.10. The van der Waals surface area contributed by atoms with Crippen molar-refractivity contribution in [1.82, 2.24) is 0 Å². The van der Waals surface area contributed by atoms with E-state index in [0.29, 0.717) is 0 Å². The van der Waals surface area contributed by atoms with Crippen molar-refractivity contribution in [2.75, 3.05) is 5.32 Å². The zero-order valence-corrected chi connectivity index (χ0v) is 14.5. The Morgan fingerprint density at radius 3 is 2.56 bits per heavy atom. The third-order valence-electron chi connectivity index (χ3n) is 3.14. The highest BCUT2D eigenvalue weighted by atomic mass is 79.9. The van der Waals surface area contributed by atoms with Gasteiger partial charge >= 0.3 is 6.18 Å². The average molecular weight is 435 g/mol. The van der Waals surface area contributed by atoms with Crippen LogP contribution in [0, 0.1) is 10.3 Å². The van der Waals surface area contributed by atoms with E-state index in [0.717, 1.165) is 24.4 Å². The summed E-state index contributed by atoms with van der Waals surface area (Å²) in [5.41, 5.74) is -1.43. The molecule has 0 aliphatic carbocycles. The van der Waals surface area contributed by atoms with Gasteiger partial charge in [-0.25, -0.2) is 0 Å². The van der Waals surface area contributed by atoms with Crippen molar-refractivity contribution in [2.24, 2.45) is 5.18 Å². The predicted octanol–water partition coefficient (Wildman–Crippen LogP) is 5.77. The van der Waals surface area contributed by atoms with Gasteiger partial charge in [-0.3, -0.25) is 4.79 Å². The molecule has 0 aromatic heterocycles. The molecule has 0 aliphatic heterocycles. The SMILES string of the molecule is N=Cc1cc(Br)c(C(=O)Nc2cccc(C(F)(F)F)c2)c(Cl)c1N=O. The number of nitrogens with zero attached hydrogens (tertiary/aromatic N) is 1. The molecule has 5 nitrogen and oxygen atoms in total. The molecule has 0 spiro atoms. The molecule has 1 amide bonds. The lowest BCUT2D eigenvalue weighted by molar-refractivity contribution is -0.137. The molecule has 2 aromatic carbocycles. The number of rotatable bonds is 4. The molecule has 0 aliphatic rings. The van der Waals surface area contributed by atoms with Gasteiger partial charge in [0.25, 0.3) is 5.91 Å². The van der Waals surface area contributed by atoms with E-state index in [4.69, 9.17) is 17.0 Å². The van der Waals surface area contributed by atoms with Crippen LogP contribution in [0.15, 0.2) is 40.0 Å². The molecule has 25 heavy (non-hydrogen) atoms. The predicted molar refractivity (Wildman–Crippen MR) is 91.9 cm³/mol. The molecular weight excluding hydrogens is 427 g/mol. The van der Waals surface area contributed by atoms with Crippen LogP contribution in [-0.4, -0.2) is 12.1 Å². The Morgan fingerprint density at radius 2 is 2.00 bits per heavy atom. The van der Waals surface area contributed by atoms with Gasteiger partial charge in [0.1, 0.15) is 5.69 Å². The number of nitrogens with one attached hydrogen (secondary N) is 2. The first kappa shape index (κ1) is 19.1. The molecule has 0 fully saturated rings. The zero-order valence-electron chi connectivity index (χ0n) is 12.1. The first-order valence-electron chi connectivity index (χ1n) is 6.53. The molecule has 0 radical (unpaired) electrons. The number of hydrogen-bond acceptors (Lipinski definition) is 4. The van der Waals surface area contributed by atoms with Crippen molar-refractivity contribution in [3.63, 3.8) is 0 Å². The quantitative estimate of drug-likeness (QED) is 0.473. The summed E-state index contributed by atoms with van der Waals surface area (Å²) in [7, 11) is 0. The summed E-state index contributed by atoms with van der Waals surface area (Å²) in [5, 5.41) is 11.9. The summed E-state index contributed by atoms with van der Waals surface area (Å²) in [6.45, 7) is 0. The summed E-state index contributed by atoms with van der Waals surface area (Å²) in [6.07, 6.45) is -3.72. The standard InChI is InChI=1S/C15H8BrClF3N3O2/c16-10-4-7(6-21)13(23-25)12(17)11(10)14(24)22-9-3-1-2-8(5-9)15(18,19)20/h1-6,21H,(H,22,24). The number of alkyl halides is 3. The highest BCUT2D eigenvalue weighted by Gasteiger charge is 2.30. The topological polar surface area (TPSA) is 82.4 Å². The van der Waals surface area contributed by atoms with Crippen LogP contribution in [0.3, 0.4) is 0 Å². The summed E-state index contributed by atoms with van der Waals surface area (Å²) in [4.78, 5) is 23.3. The lowest BCUT2D eigenvalue weighted by atomic mass is 10.1. The highest BCUT2D eigenvalue weighted by Crippen LogP contribution is 2.37. The average Bonchev–Trinajstić information content (AvgIpc) is 2.53. The molecule has 0 atom stereocenters.